The Balaban J connectivity index is 1.27. The van der Waals surface area contributed by atoms with Gasteiger partial charge in [-0.05, 0) is 91.1 Å². The fourth-order valence-electron chi connectivity index (χ4n) is 3.79. The number of benzene rings is 4. The molecule has 0 radical (unpaired) electrons. The summed E-state index contributed by atoms with van der Waals surface area (Å²) in [6.45, 7) is 0. The molecule has 8 nitrogen and oxygen atoms in total. The van der Waals surface area contributed by atoms with E-state index >= 15 is 0 Å². The molecule has 0 saturated heterocycles. The van der Waals surface area contributed by atoms with Crippen molar-refractivity contribution in [3.63, 3.8) is 0 Å². The van der Waals surface area contributed by atoms with Gasteiger partial charge < -0.3 is 31.2 Å². The number of anilines is 2. The molecular weight excluding hydrogens is 472 g/mol. The first-order valence-electron chi connectivity index (χ1n) is 11.6. The van der Waals surface area contributed by atoms with Gasteiger partial charge in [-0.2, -0.15) is 0 Å². The van der Waals surface area contributed by atoms with Gasteiger partial charge in [-0.1, -0.05) is 24.3 Å². The molecule has 37 heavy (non-hydrogen) atoms. The smallest absolute Gasteiger partial charge is 0.337 e. The summed E-state index contributed by atoms with van der Waals surface area (Å²) in [5.41, 5.74) is 14.1. The largest absolute Gasteiger partial charge is 0.478 e. The van der Waals surface area contributed by atoms with Crippen LogP contribution >= 0.6 is 0 Å². The molecule has 0 unspecified atom stereocenters. The summed E-state index contributed by atoms with van der Waals surface area (Å²) in [6, 6.07) is 24.5. The first-order chi connectivity index (χ1) is 17.8. The number of aromatic carboxylic acids is 2. The molecule has 0 heterocycles. The van der Waals surface area contributed by atoms with Gasteiger partial charge in [-0.25, -0.2) is 9.59 Å². The van der Waals surface area contributed by atoms with Crippen LogP contribution in [0.15, 0.2) is 84.9 Å². The standard InChI is InChI=1S/C29H26N2O6/c30-26-14-12-22(16-24(26)28(32)33)36-20-8-4-18(5-9-20)2-1-3-19-6-10-21(11-7-19)37-23-13-15-27(31)25(17-23)29(34)35/h4-17H,1-3,30-31H2,(H,32,33)(H,34,35). The molecule has 0 saturated carbocycles. The number of rotatable bonds is 10. The van der Waals surface area contributed by atoms with E-state index in [1.165, 1.54) is 24.3 Å². The molecule has 0 aliphatic carbocycles. The summed E-state index contributed by atoms with van der Waals surface area (Å²) in [6.07, 6.45) is 2.71. The second-order valence-electron chi connectivity index (χ2n) is 8.45. The Morgan fingerprint density at radius 1 is 0.568 bits per heavy atom. The third kappa shape index (κ3) is 6.58. The van der Waals surface area contributed by atoms with Crippen LogP contribution in [0.25, 0.3) is 0 Å². The average molecular weight is 499 g/mol. The van der Waals surface area contributed by atoms with Crippen LogP contribution in [0.3, 0.4) is 0 Å². The topological polar surface area (TPSA) is 145 Å². The molecule has 4 rings (SSSR count). The molecule has 0 atom stereocenters. The maximum atomic E-state index is 11.2. The minimum Gasteiger partial charge on any atom is -0.478 e. The maximum Gasteiger partial charge on any atom is 0.337 e. The Morgan fingerprint density at radius 3 is 1.27 bits per heavy atom. The van der Waals surface area contributed by atoms with Crippen LogP contribution in [0.1, 0.15) is 38.3 Å². The van der Waals surface area contributed by atoms with E-state index in [-0.39, 0.29) is 22.5 Å². The van der Waals surface area contributed by atoms with Gasteiger partial charge in [-0.15, -0.1) is 0 Å². The van der Waals surface area contributed by atoms with E-state index in [0.717, 1.165) is 30.4 Å². The Bertz CT molecular complexity index is 1310. The first kappa shape index (κ1) is 25.1. The van der Waals surface area contributed by atoms with Crippen LogP contribution in [0, 0.1) is 0 Å². The molecule has 188 valence electrons. The Labute approximate surface area is 213 Å². The minimum atomic E-state index is -1.10. The minimum absolute atomic E-state index is 0.00582. The summed E-state index contributed by atoms with van der Waals surface area (Å²) in [5.74, 6) is -0.168. The van der Waals surface area contributed by atoms with Crippen molar-refractivity contribution >= 4 is 23.3 Å². The number of ether oxygens (including phenoxy) is 2. The van der Waals surface area contributed by atoms with Crippen LogP contribution in [-0.2, 0) is 12.8 Å². The molecule has 0 aliphatic rings. The zero-order chi connectivity index (χ0) is 26.4. The number of nitrogens with two attached hydrogens (primary N) is 2. The van der Waals surface area contributed by atoms with E-state index < -0.39 is 11.9 Å². The van der Waals surface area contributed by atoms with E-state index in [1.54, 1.807) is 12.1 Å². The van der Waals surface area contributed by atoms with Gasteiger partial charge in [0.05, 0.1) is 11.1 Å². The Hall–Kier alpha value is -4.98. The van der Waals surface area contributed by atoms with Crippen LogP contribution in [0.4, 0.5) is 11.4 Å². The quantitative estimate of drug-likeness (QED) is 0.195. The third-order valence-corrected chi connectivity index (χ3v) is 5.76. The SMILES string of the molecule is Nc1ccc(Oc2ccc(CCCc3ccc(Oc4ccc(N)c(C(=O)O)c4)cc3)cc2)cc1C(=O)O. The number of hydrogen-bond donors (Lipinski definition) is 4. The highest BCUT2D eigenvalue weighted by Crippen LogP contribution is 2.27. The first-order valence-corrected chi connectivity index (χ1v) is 11.6. The van der Waals surface area contributed by atoms with Crippen molar-refractivity contribution in [2.75, 3.05) is 11.5 Å². The van der Waals surface area contributed by atoms with Gasteiger partial charge in [-0.3, -0.25) is 0 Å². The highest BCUT2D eigenvalue weighted by molar-refractivity contribution is 5.94. The fourth-order valence-corrected chi connectivity index (χ4v) is 3.79. The molecule has 0 bridgehead atoms. The highest BCUT2D eigenvalue weighted by Gasteiger charge is 2.11. The van der Waals surface area contributed by atoms with Gasteiger partial charge >= 0.3 is 11.9 Å². The van der Waals surface area contributed by atoms with Gasteiger partial charge in [0.1, 0.15) is 23.0 Å². The second kappa shape index (κ2) is 11.2. The van der Waals surface area contributed by atoms with E-state index in [4.69, 9.17) is 20.9 Å². The molecule has 0 aliphatic heterocycles. The monoisotopic (exact) mass is 498 g/mol. The summed E-state index contributed by atoms with van der Waals surface area (Å²) in [4.78, 5) is 22.5. The summed E-state index contributed by atoms with van der Waals surface area (Å²) < 4.78 is 11.5. The van der Waals surface area contributed by atoms with Crippen molar-refractivity contribution in [2.45, 2.75) is 19.3 Å². The predicted molar refractivity (Wildman–Crippen MR) is 141 cm³/mol. The molecule has 0 aromatic heterocycles. The number of hydrogen-bond acceptors (Lipinski definition) is 6. The lowest BCUT2D eigenvalue weighted by Gasteiger charge is -2.10. The van der Waals surface area contributed by atoms with Crippen molar-refractivity contribution in [1.29, 1.82) is 0 Å². The summed E-state index contributed by atoms with van der Waals surface area (Å²) in [7, 11) is 0. The normalized spacial score (nSPS) is 10.6. The zero-order valence-electron chi connectivity index (χ0n) is 19.9. The van der Waals surface area contributed by atoms with E-state index in [9.17, 15) is 19.8 Å². The molecule has 6 N–H and O–H groups in total. The lowest BCUT2D eigenvalue weighted by Crippen LogP contribution is -2.02. The molecule has 0 spiro atoms. The molecule has 8 heteroatoms. The van der Waals surface area contributed by atoms with Gasteiger partial charge in [0, 0.05) is 11.4 Å². The highest BCUT2D eigenvalue weighted by atomic mass is 16.5. The van der Waals surface area contributed by atoms with Crippen molar-refractivity contribution in [2.24, 2.45) is 0 Å². The number of carboxylic acid groups (broad SMARTS) is 2. The molecule has 4 aromatic carbocycles. The van der Waals surface area contributed by atoms with Crippen LogP contribution in [0.5, 0.6) is 23.0 Å². The Morgan fingerprint density at radius 2 is 0.919 bits per heavy atom. The van der Waals surface area contributed by atoms with Crippen molar-refractivity contribution in [1.82, 2.24) is 0 Å². The second-order valence-corrected chi connectivity index (χ2v) is 8.45. The summed E-state index contributed by atoms with van der Waals surface area (Å²) in [5, 5.41) is 18.4. The number of nitrogen functional groups attached to an aromatic ring is 2. The van der Waals surface area contributed by atoms with Crippen LogP contribution in [-0.4, -0.2) is 22.2 Å². The van der Waals surface area contributed by atoms with Crippen LogP contribution < -0.4 is 20.9 Å². The number of carbonyl (C=O) groups is 2. The number of carboxylic acids is 2. The molecule has 0 amide bonds. The number of aryl methyl sites for hydroxylation is 2. The Kier molecular flexibility index (Phi) is 7.59. The van der Waals surface area contributed by atoms with Gasteiger partial charge in [0.25, 0.3) is 0 Å². The summed E-state index contributed by atoms with van der Waals surface area (Å²) >= 11 is 0. The van der Waals surface area contributed by atoms with Gasteiger partial charge in [0.2, 0.25) is 0 Å². The molecule has 4 aromatic rings. The lowest BCUT2D eigenvalue weighted by atomic mass is 10.0. The lowest BCUT2D eigenvalue weighted by molar-refractivity contribution is 0.0687. The van der Waals surface area contributed by atoms with Crippen molar-refractivity contribution in [3.05, 3.63) is 107 Å². The van der Waals surface area contributed by atoms with Crippen LogP contribution in [0.2, 0.25) is 0 Å². The molecule has 0 fully saturated rings. The predicted octanol–water partition coefficient (Wildman–Crippen LogP) is 6.01. The van der Waals surface area contributed by atoms with E-state index in [0.29, 0.717) is 23.0 Å². The van der Waals surface area contributed by atoms with Crippen molar-refractivity contribution < 1.29 is 29.3 Å². The molecular formula is C29H26N2O6. The van der Waals surface area contributed by atoms with E-state index in [2.05, 4.69) is 0 Å². The van der Waals surface area contributed by atoms with Crippen molar-refractivity contribution in [3.8, 4) is 23.0 Å². The van der Waals surface area contributed by atoms with E-state index in [1.807, 2.05) is 48.5 Å². The fraction of sp³-hybridized carbons (Fsp3) is 0.103. The average Bonchev–Trinajstić information content (AvgIpc) is 2.88. The maximum absolute atomic E-state index is 11.2. The third-order valence-electron chi connectivity index (χ3n) is 5.76. The van der Waals surface area contributed by atoms with Gasteiger partial charge in [0.15, 0.2) is 0 Å². The zero-order valence-corrected chi connectivity index (χ0v) is 19.9.